The first-order chi connectivity index (χ1) is 29.0. The Balaban J connectivity index is 1.34. The summed E-state index contributed by atoms with van der Waals surface area (Å²) in [6, 6.07) is 13.1. The lowest BCUT2D eigenvalue weighted by Crippen LogP contribution is -1.91. The first-order valence-corrected chi connectivity index (χ1v) is 14.1. The molecule has 0 atom stereocenters. The number of hydrogen-bond donors (Lipinski definition) is 0. The van der Waals surface area contributed by atoms with Crippen LogP contribution in [-0.4, -0.2) is 0 Å². The van der Waals surface area contributed by atoms with E-state index >= 15 is 0 Å². The second-order valence-electron chi connectivity index (χ2n) is 10.4. The molecule has 0 bridgehead atoms. The summed E-state index contributed by atoms with van der Waals surface area (Å²) < 4.78 is 144. The lowest BCUT2D eigenvalue weighted by atomic mass is 9.85. The maximum absolute atomic E-state index is 9.65. The largest absolute Gasteiger partial charge is 0.456 e. The summed E-state index contributed by atoms with van der Waals surface area (Å²) in [5, 5.41) is 2.25. The van der Waals surface area contributed by atoms with Crippen molar-refractivity contribution in [1.29, 1.82) is 0 Å². The average Bonchev–Trinajstić information content (AvgIpc) is 3.67. The van der Waals surface area contributed by atoms with Crippen molar-refractivity contribution in [3.05, 3.63) is 169 Å². The highest BCUT2D eigenvalue weighted by atomic mass is 16.3. The third kappa shape index (κ3) is 4.17. The summed E-state index contributed by atoms with van der Waals surface area (Å²) in [5.74, 6) is 0. The first kappa shape index (κ1) is 14.2. The zero-order chi connectivity index (χ0) is 43.7. The van der Waals surface area contributed by atoms with Crippen molar-refractivity contribution < 1.29 is 26.3 Å². The molecule has 0 aliphatic rings. The minimum absolute atomic E-state index is 0.0140. The molecule has 210 valence electrons. The molecule has 0 radical (unpaired) electrons. The van der Waals surface area contributed by atoms with Gasteiger partial charge in [-0.25, -0.2) is 0 Å². The second-order valence-corrected chi connectivity index (χ2v) is 10.4. The Bertz CT molecular complexity index is 3310. The molecule has 9 aromatic rings. The van der Waals surface area contributed by atoms with Crippen LogP contribution in [-0.2, 0) is 0 Å². The van der Waals surface area contributed by atoms with Crippen LogP contribution in [0.3, 0.4) is 0 Å². The van der Waals surface area contributed by atoms with Crippen LogP contribution < -0.4 is 0 Å². The van der Waals surface area contributed by atoms with Crippen molar-refractivity contribution in [1.82, 2.24) is 0 Å². The van der Waals surface area contributed by atoms with E-state index in [4.69, 9.17) is 22.2 Å². The van der Waals surface area contributed by atoms with Crippen LogP contribution in [0, 0.1) is 0 Å². The van der Waals surface area contributed by atoms with Crippen molar-refractivity contribution in [2.75, 3.05) is 0 Å². The van der Waals surface area contributed by atoms with Crippen LogP contribution in [0.25, 0.3) is 88.0 Å². The van der Waals surface area contributed by atoms with E-state index in [1.165, 1.54) is 0 Å². The smallest absolute Gasteiger partial charge is 0.136 e. The molecule has 1 heterocycles. The van der Waals surface area contributed by atoms with E-state index in [9.17, 15) is 4.11 Å². The Morgan fingerprint density at radius 1 is 0.378 bits per heavy atom. The van der Waals surface area contributed by atoms with Gasteiger partial charge in [0, 0.05) is 10.8 Å². The standard InChI is InChI=1S/C44H28O/c1-3-12-29(13-4-1)30-22-24-32(25-23-30)42-35-16-7-9-18-37(35)43(38-19-10-8-17-36(38)42)33-26-27-39-41(28-33)45-40-21-11-20-34(44(39)40)31-14-5-2-6-15-31/h1-28H/i1D,2D,3D,4D,5D,6D,11D,12D,13D,14D,15D,20D,21D,26D,27D,28D. The molecule has 0 N–H and O–H groups in total. The van der Waals surface area contributed by atoms with Gasteiger partial charge in [0.2, 0.25) is 0 Å². The quantitative estimate of drug-likeness (QED) is 0.186. The molecule has 0 saturated heterocycles. The normalized spacial score (nSPS) is 16.5. The molecular formula is C44H28O. The fraction of sp³-hybridized carbons (Fsp3) is 0. The maximum atomic E-state index is 9.65. The summed E-state index contributed by atoms with van der Waals surface area (Å²) >= 11 is 0. The van der Waals surface area contributed by atoms with Gasteiger partial charge >= 0.3 is 0 Å². The summed E-state index contributed by atoms with van der Waals surface area (Å²) in [7, 11) is 0. The minimum Gasteiger partial charge on any atom is -0.456 e. The van der Waals surface area contributed by atoms with E-state index in [2.05, 4.69) is 0 Å². The molecule has 45 heavy (non-hydrogen) atoms. The van der Waals surface area contributed by atoms with Gasteiger partial charge in [-0.1, -0.05) is 151 Å². The lowest BCUT2D eigenvalue weighted by Gasteiger charge is -2.18. The van der Waals surface area contributed by atoms with Crippen LogP contribution in [0.4, 0.5) is 0 Å². The van der Waals surface area contributed by atoms with E-state index in [0.717, 1.165) is 11.1 Å². The second kappa shape index (κ2) is 10.4. The molecule has 1 aromatic heterocycles. The molecule has 9 rings (SSSR count). The number of benzene rings is 8. The Hall–Kier alpha value is -5.92. The van der Waals surface area contributed by atoms with E-state index in [0.29, 0.717) is 32.7 Å². The predicted molar refractivity (Wildman–Crippen MR) is 190 cm³/mol. The van der Waals surface area contributed by atoms with E-state index in [-0.39, 0.29) is 56.8 Å². The van der Waals surface area contributed by atoms with Crippen molar-refractivity contribution in [2.24, 2.45) is 0 Å². The molecule has 1 nitrogen and oxygen atoms in total. The molecule has 0 aliphatic carbocycles. The summed E-state index contributed by atoms with van der Waals surface area (Å²) in [4.78, 5) is 0. The molecule has 0 spiro atoms. The summed E-state index contributed by atoms with van der Waals surface area (Å²) in [6.07, 6.45) is 0. The maximum Gasteiger partial charge on any atom is 0.136 e. The molecule has 0 fully saturated rings. The highest BCUT2D eigenvalue weighted by molar-refractivity contribution is 6.22. The van der Waals surface area contributed by atoms with Gasteiger partial charge in [0.1, 0.15) is 11.2 Å². The number of rotatable bonds is 4. The number of fused-ring (bicyclic) bond motifs is 5. The molecule has 8 aromatic carbocycles. The zero-order valence-corrected chi connectivity index (χ0v) is 23.3. The van der Waals surface area contributed by atoms with Gasteiger partial charge in [-0.2, -0.15) is 0 Å². The number of hydrogen-bond acceptors (Lipinski definition) is 1. The van der Waals surface area contributed by atoms with Crippen LogP contribution in [0.2, 0.25) is 0 Å². The van der Waals surface area contributed by atoms with Crippen LogP contribution >= 0.6 is 0 Å². The van der Waals surface area contributed by atoms with Gasteiger partial charge in [0.15, 0.2) is 0 Å². The van der Waals surface area contributed by atoms with Crippen LogP contribution in [0.5, 0.6) is 0 Å². The Morgan fingerprint density at radius 2 is 0.933 bits per heavy atom. The lowest BCUT2D eigenvalue weighted by molar-refractivity contribution is 0.669. The molecule has 0 aliphatic heterocycles. The third-order valence-corrected chi connectivity index (χ3v) is 7.97. The SMILES string of the molecule is [2H]c1c([2H])c([2H])c(-c2ccc(-c3c4ccccc4c(-c4c([2H])c([2H])c5c(oc6c([2H])c([2H])c([2H])c(-c7c([2H])c([2H])c([2H])c([2H])c7[2H])c65)c4[2H])c4ccccc34)cc2)c([2H])c1[2H]. The first-order valence-electron chi connectivity index (χ1n) is 22.1. The topological polar surface area (TPSA) is 13.1 Å². The highest BCUT2D eigenvalue weighted by Gasteiger charge is 2.18. The third-order valence-electron chi connectivity index (χ3n) is 7.97. The van der Waals surface area contributed by atoms with Crippen LogP contribution in [0.1, 0.15) is 21.9 Å². The Kier molecular flexibility index (Phi) is 3.28. The molecule has 1 heteroatoms. The van der Waals surface area contributed by atoms with Crippen molar-refractivity contribution >= 4 is 43.5 Å². The fourth-order valence-electron chi connectivity index (χ4n) is 6.04. The summed E-state index contributed by atoms with van der Waals surface area (Å²) in [6.45, 7) is 0. The molecule has 0 saturated carbocycles. The van der Waals surface area contributed by atoms with Gasteiger partial charge in [0.25, 0.3) is 0 Å². The molecule has 0 unspecified atom stereocenters. The molecular weight excluding hydrogens is 544 g/mol. The zero-order valence-electron chi connectivity index (χ0n) is 39.3. The minimum atomic E-state index is -0.694. The fourth-order valence-corrected chi connectivity index (χ4v) is 6.04. The monoisotopic (exact) mass is 588 g/mol. The van der Waals surface area contributed by atoms with Gasteiger partial charge in [-0.15, -0.1) is 0 Å². The van der Waals surface area contributed by atoms with Gasteiger partial charge in [-0.05, 0) is 84.2 Å². The van der Waals surface area contributed by atoms with E-state index < -0.39 is 84.1 Å². The Labute approximate surface area is 284 Å². The van der Waals surface area contributed by atoms with E-state index in [1.807, 2.05) is 36.4 Å². The molecule has 0 amide bonds. The van der Waals surface area contributed by atoms with Gasteiger partial charge in [0.05, 0.1) is 21.9 Å². The van der Waals surface area contributed by atoms with Gasteiger partial charge in [-0.3, -0.25) is 0 Å². The average molecular weight is 589 g/mol. The van der Waals surface area contributed by atoms with Crippen molar-refractivity contribution in [3.63, 3.8) is 0 Å². The summed E-state index contributed by atoms with van der Waals surface area (Å²) in [5.41, 5.74) is 1.05. The van der Waals surface area contributed by atoms with Gasteiger partial charge < -0.3 is 4.42 Å². The number of furan rings is 1. The predicted octanol–water partition coefficient (Wildman–Crippen LogP) is 12.6. The van der Waals surface area contributed by atoms with E-state index in [1.54, 1.807) is 36.4 Å². The van der Waals surface area contributed by atoms with Crippen molar-refractivity contribution in [2.45, 2.75) is 0 Å². The Morgan fingerprint density at radius 3 is 1.56 bits per heavy atom. The van der Waals surface area contributed by atoms with Crippen molar-refractivity contribution in [3.8, 4) is 44.5 Å². The van der Waals surface area contributed by atoms with Crippen LogP contribution in [0.15, 0.2) is 174 Å². The highest BCUT2D eigenvalue weighted by Crippen LogP contribution is 2.45.